The Balaban J connectivity index is 2.25. The zero-order valence-electron chi connectivity index (χ0n) is 8.08. The van der Waals surface area contributed by atoms with Crippen LogP contribution in [0.15, 0.2) is 35.9 Å². The zero-order chi connectivity index (χ0) is 11.6. The highest BCUT2D eigenvalue weighted by molar-refractivity contribution is 7.92. The van der Waals surface area contributed by atoms with Crippen LogP contribution in [0.1, 0.15) is 0 Å². The Morgan fingerprint density at radius 3 is 2.69 bits per heavy atom. The molecule has 7 nitrogen and oxygen atoms in total. The van der Waals surface area contributed by atoms with Crippen molar-refractivity contribution >= 4 is 21.5 Å². The van der Waals surface area contributed by atoms with E-state index in [1.165, 1.54) is 24.8 Å². The van der Waals surface area contributed by atoms with Gasteiger partial charge in [0.1, 0.15) is 5.82 Å². The summed E-state index contributed by atoms with van der Waals surface area (Å²) in [6.45, 7) is 0. The van der Waals surface area contributed by atoms with E-state index in [0.29, 0.717) is 5.69 Å². The van der Waals surface area contributed by atoms with Crippen molar-refractivity contribution in [3.05, 3.63) is 30.9 Å². The molecule has 0 saturated carbocycles. The van der Waals surface area contributed by atoms with Crippen molar-refractivity contribution in [1.82, 2.24) is 15.0 Å². The molecule has 0 spiro atoms. The maximum atomic E-state index is 11.7. The molecule has 0 fully saturated rings. The third-order valence-electron chi connectivity index (χ3n) is 1.79. The minimum atomic E-state index is -3.65. The highest BCUT2D eigenvalue weighted by atomic mass is 32.2. The van der Waals surface area contributed by atoms with Gasteiger partial charge in [0.25, 0.3) is 10.0 Å². The number of nitrogens with one attached hydrogen (secondary N) is 2. The summed E-state index contributed by atoms with van der Waals surface area (Å²) in [5.41, 5.74) is 5.89. The van der Waals surface area contributed by atoms with E-state index in [0.717, 1.165) is 0 Å². The molecule has 2 aromatic rings. The summed E-state index contributed by atoms with van der Waals surface area (Å²) in [6.07, 6.45) is 3.86. The highest BCUT2D eigenvalue weighted by Gasteiger charge is 2.15. The number of aromatic amines is 1. The Kier molecular flexibility index (Phi) is 2.49. The van der Waals surface area contributed by atoms with Crippen LogP contribution in [0.3, 0.4) is 0 Å². The Morgan fingerprint density at radius 1 is 1.31 bits per heavy atom. The van der Waals surface area contributed by atoms with E-state index in [1.807, 2.05) is 0 Å². The summed E-state index contributed by atoms with van der Waals surface area (Å²) in [7, 11) is -3.65. The maximum absolute atomic E-state index is 11.7. The molecular formula is C8H9N5O2S. The Bertz CT molecular complexity index is 561. The summed E-state index contributed by atoms with van der Waals surface area (Å²) in [6, 6.07) is 3.03. The predicted octanol–water partition coefficient (Wildman–Crippen LogP) is 0.188. The van der Waals surface area contributed by atoms with Gasteiger partial charge in [-0.15, -0.1) is 0 Å². The molecule has 2 heterocycles. The molecule has 0 radical (unpaired) electrons. The standard InChI is InChI=1S/C8H9N5O2S/c9-6-1-2-7(11-3-6)13-16(14,15)8-4-10-5-12-8/h1-5H,9H2,(H,10,12)(H,11,13). The van der Waals surface area contributed by atoms with Gasteiger partial charge in [-0.05, 0) is 12.1 Å². The van der Waals surface area contributed by atoms with Crippen LogP contribution in [-0.2, 0) is 10.0 Å². The molecule has 2 aromatic heterocycles. The number of nitrogens with two attached hydrogens (primary N) is 1. The lowest BCUT2D eigenvalue weighted by atomic mass is 10.4. The number of rotatable bonds is 3. The maximum Gasteiger partial charge on any atom is 0.280 e. The van der Waals surface area contributed by atoms with Gasteiger partial charge in [-0.1, -0.05) is 0 Å². The molecule has 0 atom stereocenters. The predicted molar refractivity (Wildman–Crippen MR) is 58.0 cm³/mol. The van der Waals surface area contributed by atoms with Gasteiger partial charge in [0, 0.05) is 0 Å². The number of imidazole rings is 1. The van der Waals surface area contributed by atoms with Crippen molar-refractivity contribution in [1.29, 1.82) is 0 Å². The summed E-state index contributed by atoms with van der Waals surface area (Å²) in [4.78, 5) is 9.95. The molecule has 0 aliphatic rings. The number of sulfonamides is 1. The average molecular weight is 239 g/mol. The third kappa shape index (κ3) is 2.11. The van der Waals surface area contributed by atoms with Crippen LogP contribution < -0.4 is 10.5 Å². The molecule has 0 aliphatic heterocycles. The van der Waals surface area contributed by atoms with E-state index in [2.05, 4.69) is 19.7 Å². The Morgan fingerprint density at radius 2 is 2.12 bits per heavy atom. The fourth-order valence-corrected chi connectivity index (χ4v) is 1.96. The molecule has 0 aromatic carbocycles. The second-order valence-electron chi connectivity index (χ2n) is 3.00. The minimum Gasteiger partial charge on any atom is -0.397 e. The van der Waals surface area contributed by atoms with Crippen LogP contribution in [0.2, 0.25) is 0 Å². The molecule has 0 unspecified atom stereocenters. The van der Waals surface area contributed by atoms with Gasteiger partial charge < -0.3 is 10.7 Å². The lowest BCUT2D eigenvalue weighted by Crippen LogP contribution is -2.14. The molecule has 0 bridgehead atoms. The normalized spacial score (nSPS) is 11.2. The van der Waals surface area contributed by atoms with Gasteiger partial charge in [0.2, 0.25) is 0 Å². The van der Waals surface area contributed by atoms with Gasteiger partial charge in [-0.3, -0.25) is 4.72 Å². The van der Waals surface area contributed by atoms with Crippen molar-refractivity contribution in [3.8, 4) is 0 Å². The number of anilines is 2. The van der Waals surface area contributed by atoms with Crippen LogP contribution in [0.25, 0.3) is 0 Å². The van der Waals surface area contributed by atoms with E-state index < -0.39 is 10.0 Å². The fourth-order valence-electron chi connectivity index (χ4n) is 1.05. The fraction of sp³-hybridized carbons (Fsp3) is 0. The van der Waals surface area contributed by atoms with Crippen LogP contribution in [0.5, 0.6) is 0 Å². The summed E-state index contributed by atoms with van der Waals surface area (Å²) in [5.74, 6) is 0.198. The molecular weight excluding hydrogens is 230 g/mol. The highest BCUT2D eigenvalue weighted by Crippen LogP contribution is 2.12. The number of H-pyrrole nitrogens is 1. The second kappa shape index (κ2) is 3.81. The molecule has 0 amide bonds. The topological polar surface area (TPSA) is 114 Å². The van der Waals surface area contributed by atoms with Crippen molar-refractivity contribution in [2.24, 2.45) is 0 Å². The number of hydrogen-bond acceptors (Lipinski definition) is 5. The largest absolute Gasteiger partial charge is 0.397 e. The minimum absolute atomic E-state index is 0.0221. The smallest absolute Gasteiger partial charge is 0.280 e. The zero-order valence-corrected chi connectivity index (χ0v) is 8.90. The molecule has 2 rings (SSSR count). The van der Waals surface area contributed by atoms with Gasteiger partial charge >= 0.3 is 0 Å². The average Bonchev–Trinajstić information content (AvgIpc) is 2.75. The van der Waals surface area contributed by atoms with Crippen molar-refractivity contribution in [3.63, 3.8) is 0 Å². The Hall–Kier alpha value is -2.09. The van der Waals surface area contributed by atoms with Crippen LogP contribution in [0, 0.1) is 0 Å². The molecule has 16 heavy (non-hydrogen) atoms. The molecule has 0 aliphatic carbocycles. The quantitative estimate of drug-likeness (QED) is 0.707. The van der Waals surface area contributed by atoms with Gasteiger partial charge in [-0.25, -0.2) is 9.97 Å². The third-order valence-corrected chi connectivity index (χ3v) is 3.07. The van der Waals surface area contributed by atoms with Crippen LogP contribution in [-0.4, -0.2) is 23.4 Å². The van der Waals surface area contributed by atoms with Gasteiger partial charge in [0.15, 0.2) is 5.03 Å². The van der Waals surface area contributed by atoms with Crippen molar-refractivity contribution in [2.45, 2.75) is 5.03 Å². The summed E-state index contributed by atoms with van der Waals surface area (Å²) < 4.78 is 25.7. The van der Waals surface area contributed by atoms with E-state index in [-0.39, 0.29) is 10.8 Å². The van der Waals surface area contributed by atoms with Gasteiger partial charge in [-0.2, -0.15) is 8.42 Å². The van der Waals surface area contributed by atoms with E-state index in [9.17, 15) is 8.42 Å². The SMILES string of the molecule is Nc1ccc(NS(=O)(=O)c2cnc[nH]2)nc1. The number of nitrogen functional groups attached to an aromatic ring is 1. The first-order valence-electron chi connectivity index (χ1n) is 4.31. The second-order valence-corrected chi connectivity index (χ2v) is 4.65. The van der Waals surface area contributed by atoms with Crippen molar-refractivity contribution < 1.29 is 8.42 Å². The number of hydrogen-bond donors (Lipinski definition) is 3. The van der Waals surface area contributed by atoms with E-state index >= 15 is 0 Å². The molecule has 0 saturated heterocycles. The van der Waals surface area contributed by atoms with E-state index in [4.69, 9.17) is 5.73 Å². The van der Waals surface area contributed by atoms with Crippen LogP contribution in [0.4, 0.5) is 11.5 Å². The first kappa shape index (κ1) is 10.4. The number of aromatic nitrogens is 3. The molecule has 84 valence electrons. The lowest BCUT2D eigenvalue weighted by Gasteiger charge is -2.04. The molecule has 8 heteroatoms. The molecule has 4 N–H and O–H groups in total. The summed E-state index contributed by atoms with van der Waals surface area (Å²) in [5, 5.41) is -0.0221. The monoisotopic (exact) mass is 239 g/mol. The number of pyridine rings is 1. The Labute approximate surface area is 91.8 Å². The van der Waals surface area contributed by atoms with Crippen LogP contribution >= 0.6 is 0 Å². The van der Waals surface area contributed by atoms with Gasteiger partial charge in [0.05, 0.1) is 24.4 Å². The first-order chi connectivity index (χ1) is 7.58. The van der Waals surface area contributed by atoms with E-state index in [1.54, 1.807) is 6.07 Å². The lowest BCUT2D eigenvalue weighted by molar-refractivity contribution is 0.598. The summed E-state index contributed by atoms with van der Waals surface area (Å²) >= 11 is 0. The first-order valence-corrected chi connectivity index (χ1v) is 5.79. The number of nitrogens with zero attached hydrogens (tertiary/aromatic N) is 2. The van der Waals surface area contributed by atoms with Crippen molar-refractivity contribution in [2.75, 3.05) is 10.5 Å².